The summed E-state index contributed by atoms with van der Waals surface area (Å²) < 4.78 is 10.8. The molecular formula is C17H24N2O5S. The molecule has 1 amide bonds. The van der Waals surface area contributed by atoms with E-state index < -0.39 is 5.97 Å². The highest BCUT2D eigenvalue weighted by molar-refractivity contribution is 8.00. The van der Waals surface area contributed by atoms with Crippen molar-refractivity contribution in [3.63, 3.8) is 0 Å². The van der Waals surface area contributed by atoms with E-state index in [2.05, 4.69) is 0 Å². The van der Waals surface area contributed by atoms with Crippen molar-refractivity contribution in [2.24, 2.45) is 0 Å². The molecule has 1 unspecified atom stereocenters. The van der Waals surface area contributed by atoms with Crippen LogP contribution in [0.4, 0.5) is 0 Å². The second kappa shape index (κ2) is 9.65. The minimum absolute atomic E-state index is 0.0422. The van der Waals surface area contributed by atoms with E-state index in [0.29, 0.717) is 32.0 Å². The van der Waals surface area contributed by atoms with Crippen LogP contribution in [0.3, 0.4) is 0 Å². The monoisotopic (exact) mass is 368 g/mol. The molecule has 1 fully saturated rings. The van der Waals surface area contributed by atoms with Crippen LogP contribution in [0.1, 0.15) is 0 Å². The molecule has 0 aromatic heterocycles. The van der Waals surface area contributed by atoms with Gasteiger partial charge in [0.1, 0.15) is 5.75 Å². The van der Waals surface area contributed by atoms with Gasteiger partial charge in [-0.2, -0.15) is 0 Å². The van der Waals surface area contributed by atoms with Gasteiger partial charge in [0.25, 0.3) is 0 Å². The molecule has 1 aliphatic rings. The molecule has 0 aliphatic carbocycles. The number of benzene rings is 1. The molecule has 0 spiro atoms. The summed E-state index contributed by atoms with van der Waals surface area (Å²) in [7, 11) is 3.35. The van der Waals surface area contributed by atoms with Gasteiger partial charge in [0.2, 0.25) is 5.91 Å². The number of hydrogen-bond donors (Lipinski definition) is 1. The number of carboxylic acid groups (broad SMARTS) is 1. The summed E-state index contributed by atoms with van der Waals surface area (Å²) >= 11 is 1.48. The molecule has 0 radical (unpaired) electrons. The smallest absolute Gasteiger partial charge is 0.317 e. The van der Waals surface area contributed by atoms with E-state index in [9.17, 15) is 9.59 Å². The molecule has 1 aliphatic heterocycles. The van der Waals surface area contributed by atoms with Gasteiger partial charge in [-0.3, -0.25) is 14.5 Å². The average Bonchev–Trinajstić information content (AvgIpc) is 2.59. The van der Waals surface area contributed by atoms with Crippen LogP contribution in [-0.4, -0.2) is 85.6 Å². The maximum atomic E-state index is 12.4. The van der Waals surface area contributed by atoms with Gasteiger partial charge >= 0.3 is 5.97 Å². The molecule has 8 heteroatoms. The van der Waals surface area contributed by atoms with E-state index >= 15 is 0 Å². The van der Waals surface area contributed by atoms with Crippen molar-refractivity contribution in [1.29, 1.82) is 0 Å². The zero-order chi connectivity index (χ0) is 18.2. The summed E-state index contributed by atoms with van der Waals surface area (Å²) in [5.74, 6) is 0.304. The zero-order valence-electron chi connectivity index (χ0n) is 14.5. The maximum Gasteiger partial charge on any atom is 0.317 e. The van der Waals surface area contributed by atoms with E-state index in [1.54, 1.807) is 24.0 Å². The molecule has 2 rings (SSSR count). The molecule has 1 heterocycles. The first-order valence-electron chi connectivity index (χ1n) is 8.04. The Balaban J connectivity index is 1.81. The number of likely N-dealkylation sites (N-methyl/N-ethyl adjacent to an activating group) is 1. The molecule has 1 aromatic rings. The molecule has 1 atom stereocenters. The number of carbonyl (C=O) groups is 2. The Bertz CT molecular complexity index is 598. The van der Waals surface area contributed by atoms with Crippen LogP contribution in [0.2, 0.25) is 0 Å². The first kappa shape index (κ1) is 19.6. The van der Waals surface area contributed by atoms with E-state index in [1.165, 1.54) is 11.8 Å². The minimum Gasteiger partial charge on any atom is -0.497 e. The lowest BCUT2D eigenvalue weighted by Gasteiger charge is -2.34. The lowest BCUT2D eigenvalue weighted by Crippen LogP contribution is -2.50. The standard InChI is InChI=1S/C17H24N2O5S/c1-18(11-17(21)22)9-14-10-19(6-7-24-14)16(20)12-25-15-5-3-4-13(8-15)23-2/h3-5,8,14H,6-7,9-12H2,1-2H3,(H,21,22). The predicted molar refractivity (Wildman–Crippen MR) is 95.2 cm³/mol. The van der Waals surface area contributed by atoms with Gasteiger partial charge in [0.05, 0.1) is 32.1 Å². The van der Waals surface area contributed by atoms with Crippen molar-refractivity contribution in [2.45, 2.75) is 11.0 Å². The summed E-state index contributed by atoms with van der Waals surface area (Å²) in [6.45, 7) is 1.97. The minimum atomic E-state index is -0.874. The average molecular weight is 368 g/mol. The van der Waals surface area contributed by atoms with Crippen molar-refractivity contribution in [1.82, 2.24) is 9.80 Å². The molecule has 138 valence electrons. The van der Waals surface area contributed by atoms with Gasteiger partial charge in [-0.25, -0.2) is 0 Å². The van der Waals surface area contributed by atoms with Gasteiger partial charge in [-0.05, 0) is 25.2 Å². The topological polar surface area (TPSA) is 79.3 Å². The number of morpholine rings is 1. The van der Waals surface area contributed by atoms with Gasteiger partial charge in [0, 0.05) is 24.5 Å². The number of carboxylic acids is 1. The number of methoxy groups -OCH3 is 1. The van der Waals surface area contributed by atoms with Crippen LogP contribution in [-0.2, 0) is 14.3 Å². The van der Waals surface area contributed by atoms with Gasteiger partial charge < -0.3 is 19.5 Å². The van der Waals surface area contributed by atoms with Crippen molar-refractivity contribution in [3.05, 3.63) is 24.3 Å². The number of nitrogens with zero attached hydrogens (tertiary/aromatic N) is 2. The van der Waals surface area contributed by atoms with Gasteiger partial charge in [0.15, 0.2) is 0 Å². The summed E-state index contributed by atoms with van der Waals surface area (Å²) in [5, 5.41) is 8.81. The third-order valence-electron chi connectivity index (χ3n) is 3.82. The molecule has 0 saturated carbocycles. The first-order chi connectivity index (χ1) is 12.0. The zero-order valence-corrected chi connectivity index (χ0v) is 15.3. The van der Waals surface area contributed by atoms with E-state index in [0.717, 1.165) is 10.6 Å². The quantitative estimate of drug-likeness (QED) is 0.687. The molecule has 0 bridgehead atoms. The fourth-order valence-electron chi connectivity index (χ4n) is 2.63. The van der Waals surface area contributed by atoms with Crippen LogP contribution in [0.25, 0.3) is 0 Å². The fraction of sp³-hybridized carbons (Fsp3) is 0.529. The Labute approximate surface area is 151 Å². The lowest BCUT2D eigenvalue weighted by molar-refractivity contribution is -0.141. The molecule has 7 nitrogen and oxygen atoms in total. The first-order valence-corrected chi connectivity index (χ1v) is 9.03. The summed E-state index contributed by atoms with van der Waals surface area (Å²) in [5.41, 5.74) is 0. The van der Waals surface area contributed by atoms with Crippen molar-refractivity contribution in [3.8, 4) is 5.75 Å². The molecule has 1 aromatic carbocycles. The van der Waals surface area contributed by atoms with Crippen LogP contribution in [0, 0.1) is 0 Å². The van der Waals surface area contributed by atoms with Gasteiger partial charge in [-0.15, -0.1) is 11.8 Å². The SMILES string of the molecule is COc1cccc(SCC(=O)N2CCOC(CN(C)CC(=O)O)C2)c1. The number of amides is 1. The largest absolute Gasteiger partial charge is 0.497 e. The Morgan fingerprint density at radius 3 is 3.00 bits per heavy atom. The lowest BCUT2D eigenvalue weighted by atomic mass is 10.2. The van der Waals surface area contributed by atoms with Crippen molar-refractivity contribution < 1.29 is 24.2 Å². The van der Waals surface area contributed by atoms with Crippen LogP contribution >= 0.6 is 11.8 Å². The highest BCUT2D eigenvalue weighted by Gasteiger charge is 2.25. The van der Waals surface area contributed by atoms with E-state index in [4.69, 9.17) is 14.6 Å². The number of ether oxygens (including phenoxy) is 2. The second-order valence-electron chi connectivity index (χ2n) is 5.89. The molecule has 25 heavy (non-hydrogen) atoms. The fourth-order valence-corrected chi connectivity index (χ4v) is 3.47. The number of aliphatic carboxylic acids is 1. The predicted octanol–water partition coefficient (Wildman–Crippen LogP) is 1.03. The van der Waals surface area contributed by atoms with E-state index in [1.807, 2.05) is 24.3 Å². The highest BCUT2D eigenvalue weighted by Crippen LogP contribution is 2.23. The maximum absolute atomic E-state index is 12.4. The summed E-state index contributed by atoms with van der Waals surface area (Å²) in [6, 6.07) is 7.62. The molecular weight excluding hydrogens is 344 g/mol. The third-order valence-corrected chi connectivity index (χ3v) is 4.79. The van der Waals surface area contributed by atoms with Crippen molar-refractivity contribution >= 4 is 23.6 Å². The van der Waals surface area contributed by atoms with Crippen LogP contribution in [0.15, 0.2) is 29.2 Å². The molecule has 1 saturated heterocycles. The number of carbonyl (C=O) groups excluding carboxylic acids is 1. The normalized spacial score (nSPS) is 17.6. The number of thioether (sulfide) groups is 1. The summed E-state index contributed by atoms with van der Waals surface area (Å²) in [4.78, 5) is 27.6. The second-order valence-corrected chi connectivity index (χ2v) is 6.94. The van der Waals surface area contributed by atoms with E-state index in [-0.39, 0.29) is 18.6 Å². The Kier molecular flexibility index (Phi) is 7.54. The number of hydrogen-bond acceptors (Lipinski definition) is 6. The van der Waals surface area contributed by atoms with Gasteiger partial charge in [-0.1, -0.05) is 6.07 Å². The Morgan fingerprint density at radius 2 is 2.28 bits per heavy atom. The highest BCUT2D eigenvalue weighted by atomic mass is 32.2. The number of rotatable bonds is 8. The molecule has 1 N–H and O–H groups in total. The summed E-state index contributed by atoms with van der Waals surface area (Å²) in [6.07, 6.45) is -0.163. The third kappa shape index (κ3) is 6.56. The Hall–Kier alpha value is -1.77. The van der Waals surface area contributed by atoms with Crippen molar-refractivity contribution in [2.75, 3.05) is 52.7 Å². The Morgan fingerprint density at radius 1 is 1.48 bits per heavy atom. The van der Waals surface area contributed by atoms with Crippen LogP contribution < -0.4 is 4.74 Å². The van der Waals surface area contributed by atoms with Crippen LogP contribution in [0.5, 0.6) is 5.75 Å².